The normalized spacial score (nSPS) is 10.5. The molecule has 2 rings (SSSR count). The van der Waals surface area contributed by atoms with Crippen LogP contribution >= 0.6 is 27.3 Å². The van der Waals surface area contributed by atoms with E-state index < -0.39 is 0 Å². The van der Waals surface area contributed by atoms with Gasteiger partial charge in [0, 0.05) is 10.4 Å². The van der Waals surface area contributed by atoms with E-state index in [1.54, 1.807) is 36.6 Å². The molecule has 0 spiro atoms. The van der Waals surface area contributed by atoms with E-state index in [1.807, 2.05) is 13.8 Å². The highest BCUT2D eigenvalue weighted by molar-refractivity contribution is 9.10. The average molecular weight is 340 g/mol. The predicted octanol–water partition coefficient (Wildman–Crippen LogP) is 3.96. The van der Waals surface area contributed by atoms with Crippen LogP contribution < -0.4 is 4.74 Å². The Morgan fingerprint density at radius 1 is 1.42 bits per heavy atom. The van der Waals surface area contributed by atoms with Crippen molar-refractivity contribution in [2.45, 2.75) is 20.3 Å². The number of hydrogen-bond acceptors (Lipinski definition) is 4. The van der Waals surface area contributed by atoms with Gasteiger partial charge in [-0.05, 0) is 48.0 Å². The monoisotopic (exact) mass is 339 g/mol. The van der Waals surface area contributed by atoms with Crippen molar-refractivity contribution in [1.82, 2.24) is 4.98 Å². The van der Waals surface area contributed by atoms with Gasteiger partial charge in [0.2, 0.25) is 0 Å². The first-order chi connectivity index (χ1) is 9.01. The minimum absolute atomic E-state index is 0.0668. The van der Waals surface area contributed by atoms with Crippen molar-refractivity contribution in [2.75, 3.05) is 7.11 Å². The lowest BCUT2D eigenvalue weighted by Crippen LogP contribution is -2.03. The average Bonchev–Trinajstić information content (AvgIpc) is 2.68. The zero-order valence-electron chi connectivity index (χ0n) is 11.0. The second-order valence-corrected chi connectivity index (χ2v) is 6.34. The summed E-state index contributed by atoms with van der Waals surface area (Å²) in [5, 5.41) is 0.868. The van der Waals surface area contributed by atoms with Gasteiger partial charge >= 0.3 is 0 Å². The molecule has 1 aromatic carbocycles. The van der Waals surface area contributed by atoms with Crippen LogP contribution in [0.2, 0.25) is 0 Å². The highest BCUT2D eigenvalue weighted by Gasteiger charge is 2.13. The minimum atomic E-state index is 0.0668. The Balaban J connectivity index is 2.18. The van der Waals surface area contributed by atoms with Crippen LogP contribution in [0.25, 0.3) is 0 Å². The third kappa shape index (κ3) is 3.22. The van der Waals surface area contributed by atoms with Crippen LogP contribution in [0.1, 0.15) is 25.9 Å². The summed E-state index contributed by atoms with van der Waals surface area (Å²) >= 11 is 4.97. The van der Waals surface area contributed by atoms with E-state index >= 15 is 0 Å². The number of benzene rings is 1. The molecule has 1 aromatic heterocycles. The number of rotatable bonds is 4. The number of aryl methyl sites for hydroxylation is 2. The van der Waals surface area contributed by atoms with Gasteiger partial charge in [-0.1, -0.05) is 0 Å². The Bertz CT molecular complexity index is 602. The van der Waals surface area contributed by atoms with Crippen LogP contribution in [0, 0.1) is 13.8 Å². The molecular formula is C14H14BrNO2S. The molecule has 0 saturated heterocycles. The van der Waals surface area contributed by atoms with Gasteiger partial charge in [-0.25, -0.2) is 4.98 Å². The smallest absolute Gasteiger partial charge is 0.169 e. The van der Waals surface area contributed by atoms with Gasteiger partial charge in [0.05, 0.1) is 23.7 Å². The summed E-state index contributed by atoms with van der Waals surface area (Å²) in [5.41, 5.74) is 1.67. The number of carbonyl (C=O) groups is 1. The lowest BCUT2D eigenvalue weighted by atomic mass is 10.1. The molecule has 5 heteroatoms. The van der Waals surface area contributed by atoms with Gasteiger partial charge in [0.15, 0.2) is 5.78 Å². The van der Waals surface area contributed by atoms with Crippen molar-refractivity contribution in [1.29, 1.82) is 0 Å². The summed E-state index contributed by atoms with van der Waals surface area (Å²) < 4.78 is 5.93. The second kappa shape index (κ2) is 5.84. The van der Waals surface area contributed by atoms with E-state index in [4.69, 9.17) is 4.74 Å². The summed E-state index contributed by atoms with van der Waals surface area (Å²) in [6.45, 7) is 3.98. The van der Waals surface area contributed by atoms with Crippen LogP contribution in [-0.4, -0.2) is 17.9 Å². The molecule has 3 nitrogen and oxygen atoms in total. The third-order valence-corrected chi connectivity index (χ3v) is 4.55. The zero-order chi connectivity index (χ0) is 14.0. The van der Waals surface area contributed by atoms with Gasteiger partial charge in [0.25, 0.3) is 0 Å². The first-order valence-corrected chi connectivity index (χ1v) is 7.42. The number of nitrogens with zero attached hydrogens (tertiary/aromatic N) is 1. The molecule has 0 saturated carbocycles. The number of ether oxygens (including phenoxy) is 1. The van der Waals surface area contributed by atoms with Crippen LogP contribution in [0.3, 0.4) is 0 Å². The van der Waals surface area contributed by atoms with Gasteiger partial charge in [0.1, 0.15) is 10.8 Å². The molecule has 0 aliphatic rings. The molecular weight excluding hydrogens is 326 g/mol. The second-order valence-electron chi connectivity index (χ2n) is 4.20. The number of hydrogen-bond donors (Lipinski definition) is 0. The number of carbonyl (C=O) groups excluding carboxylic acids is 1. The minimum Gasteiger partial charge on any atom is -0.496 e. The quantitative estimate of drug-likeness (QED) is 0.791. The Labute approximate surface area is 124 Å². The number of thiazole rings is 1. The molecule has 0 aliphatic carbocycles. The van der Waals surface area contributed by atoms with Crippen LogP contribution in [0.15, 0.2) is 22.7 Å². The Morgan fingerprint density at radius 3 is 2.68 bits per heavy atom. The Kier molecular flexibility index (Phi) is 4.37. The van der Waals surface area contributed by atoms with Crippen molar-refractivity contribution >= 4 is 33.0 Å². The first-order valence-electron chi connectivity index (χ1n) is 5.81. The molecule has 0 fully saturated rings. The van der Waals surface area contributed by atoms with Crippen molar-refractivity contribution in [3.05, 3.63) is 43.8 Å². The lowest BCUT2D eigenvalue weighted by Gasteiger charge is -2.05. The van der Waals surface area contributed by atoms with Crippen molar-refractivity contribution < 1.29 is 9.53 Å². The fourth-order valence-electron chi connectivity index (χ4n) is 1.69. The lowest BCUT2D eigenvalue weighted by molar-refractivity contribution is 0.0993. The van der Waals surface area contributed by atoms with Gasteiger partial charge < -0.3 is 4.74 Å². The maximum absolute atomic E-state index is 12.2. The summed E-state index contributed by atoms with van der Waals surface area (Å²) in [5.74, 6) is 0.787. The van der Waals surface area contributed by atoms with E-state index in [2.05, 4.69) is 20.9 Å². The van der Waals surface area contributed by atoms with Crippen LogP contribution in [0.4, 0.5) is 0 Å². The van der Waals surface area contributed by atoms with Crippen LogP contribution in [-0.2, 0) is 6.42 Å². The summed E-state index contributed by atoms with van der Waals surface area (Å²) in [4.78, 5) is 17.8. The molecule has 0 radical (unpaired) electrons. The van der Waals surface area contributed by atoms with E-state index in [9.17, 15) is 4.79 Å². The van der Waals surface area contributed by atoms with Crippen LogP contribution in [0.5, 0.6) is 5.75 Å². The van der Waals surface area contributed by atoms with Gasteiger partial charge in [-0.15, -0.1) is 11.3 Å². The van der Waals surface area contributed by atoms with Crippen molar-refractivity contribution in [3.8, 4) is 5.75 Å². The van der Waals surface area contributed by atoms with Gasteiger partial charge in [-0.2, -0.15) is 0 Å². The predicted molar refractivity (Wildman–Crippen MR) is 80.3 cm³/mol. The van der Waals surface area contributed by atoms with E-state index in [0.29, 0.717) is 12.0 Å². The first kappa shape index (κ1) is 14.2. The molecule has 100 valence electrons. The third-order valence-electron chi connectivity index (χ3n) is 2.86. The molecule has 0 atom stereocenters. The number of methoxy groups -OCH3 is 1. The Morgan fingerprint density at radius 2 is 2.16 bits per heavy atom. The molecule has 0 bridgehead atoms. The fourth-order valence-corrected chi connectivity index (χ4v) is 3.17. The fraction of sp³-hybridized carbons (Fsp3) is 0.286. The molecule has 0 N–H and O–H groups in total. The van der Waals surface area contributed by atoms with Crippen molar-refractivity contribution in [3.63, 3.8) is 0 Å². The Hall–Kier alpha value is -1.20. The molecule has 1 heterocycles. The maximum Gasteiger partial charge on any atom is 0.169 e. The summed E-state index contributed by atoms with van der Waals surface area (Å²) in [6.07, 6.45) is 0.345. The number of ketones is 1. The standard InChI is InChI=1S/C14H14BrNO2S/c1-8-9(2)19-14(16-8)7-12(17)10-4-5-13(18-3)11(15)6-10/h4-6H,7H2,1-3H3. The number of aromatic nitrogens is 1. The SMILES string of the molecule is COc1ccc(C(=O)Cc2nc(C)c(C)s2)cc1Br. The van der Waals surface area contributed by atoms with E-state index in [-0.39, 0.29) is 5.78 Å². The highest BCUT2D eigenvalue weighted by Crippen LogP contribution is 2.26. The van der Waals surface area contributed by atoms with E-state index in [1.165, 1.54) is 4.88 Å². The van der Waals surface area contributed by atoms with Gasteiger partial charge in [-0.3, -0.25) is 4.79 Å². The highest BCUT2D eigenvalue weighted by atomic mass is 79.9. The summed E-state index contributed by atoms with van der Waals surface area (Å²) in [6, 6.07) is 5.35. The molecule has 0 aliphatic heterocycles. The molecule has 0 unspecified atom stereocenters. The largest absolute Gasteiger partial charge is 0.496 e. The number of halogens is 1. The number of Topliss-reactive ketones (excluding diaryl/α,β-unsaturated/α-hetero) is 1. The van der Waals surface area contributed by atoms with Crippen molar-refractivity contribution in [2.24, 2.45) is 0 Å². The molecule has 2 aromatic rings. The molecule has 0 amide bonds. The molecule has 19 heavy (non-hydrogen) atoms. The summed E-state index contributed by atoms with van der Waals surface area (Å²) in [7, 11) is 1.60. The maximum atomic E-state index is 12.2. The zero-order valence-corrected chi connectivity index (χ0v) is 13.4. The van der Waals surface area contributed by atoms with E-state index in [0.717, 1.165) is 20.9 Å². The topological polar surface area (TPSA) is 39.2 Å².